The number of nitrogens with zero attached hydrogens (tertiary/aromatic N) is 2. The Kier molecular flexibility index (Phi) is 2.73. The van der Waals surface area contributed by atoms with Crippen LogP contribution >= 0.6 is 0 Å². The molecule has 2 aromatic heterocycles. The average molecular weight is 271 g/mol. The molecule has 20 heavy (non-hydrogen) atoms. The van der Waals surface area contributed by atoms with E-state index in [-0.39, 0.29) is 11.9 Å². The normalized spacial score (nSPS) is 20.4. The van der Waals surface area contributed by atoms with Gasteiger partial charge in [0, 0.05) is 43.5 Å². The number of carbonyl (C=O) groups is 1. The molecule has 0 aromatic carbocycles. The zero-order chi connectivity index (χ0) is 13.5. The summed E-state index contributed by atoms with van der Waals surface area (Å²) in [6.07, 6.45) is 6.92. The molecule has 2 aliphatic heterocycles. The van der Waals surface area contributed by atoms with Gasteiger partial charge >= 0.3 is 0 Å². The van der Waals surface area contributed by atoms with E-state index < -0.39 is 0 Å². The maximum absolute atomic E-state index is 12.6. The first-order chi connectivity index (χ1) is 9.84. The van der Waals surface area contributed by atoms with Crippen LogP contribution in [-0.4, -0.2) is 35.1 Å². The number of nitrogens with one attached hydrogen (secondary N) is 1. The lowest BCUT2D eigenvalue weighted by molar-refractivity contribution is -0.119. The molecule has 2 aromatic rings. The second-order valence-electron chi connectivity index (χ2n) is 5.48. The molecule has 0 spiro atoms. The number of aromatic nitrogens is 2. The van der Waals surface area contributed by atoms with Crippen LogP contribution in [0.5, 0.6) is 0 Å². The second-order valence-corrected chi connectivity index (χ2v) is 5.48. The van der Waals surface area contributed by atoms with Crippen LogP contribution in [0.15, 0.2) is 18.5 Å². The number of aromatic amines is 1. The first-order valence-electron chi connectivity index (χ1n) is 7.19. The lowest BCUT2D eigenvalue weighted by Gasteiger charge is -2.33. The van der Waals surface area contributed by atoms with Crippen molar-refractivity contribution in [3.05, 3.63) is 24.0 Å². The summed E-state index contributed by atoms with van der Waals surface area (Å²) < 4.78 is 5.42. The summed E-state index contributed by atoms with van der Waals surface area (Å²) in [5.74, 6) is 1.02. The average Bonchev–Trinajstić information content (AvgIpc) is 2.84. The Balaban J connectivity index is 1.87. The number of carbonyl (C=O) groups excluding carboxylic acids is 1. The zero-order valence-corrected chi connectivity index (χ0v) is 11.3. The summed E-state index contributed by atoms with van der Waals surface area (Å²) in [4.78, 5) is 22.3. The molecule has 0 bridgehead atoms. The molecule has 104 valence electrons. The predicted molar refractivity (Wildman–Crippen MR) is 75.7 cm³/mol. The first-order valence-corrected chi connectivity index (χ1v) is 7.19. The Hall–Kier alpha value is -1.88. The van der Waals surface area contributed by atoms with Gasteiger partial charge in [0.15, 0.2) is 0 Å². The van der Waals surface area contributed by atoms with Crippen LogP contribution in [0.25, 0.3) is 10.9 Å². The highest BCUT2D eigenvalue weighted by atomic mass is 16.5. The molecule has 4 heterocycles. The molecule has 1 amide bonds. The molecule has 5 heteroatoms. The number of rotatable bonds is 1. The number of ether oxygens (including phenoxy) is 1. The van der Waals surface area contributed by atoms with Gasteiger partial charge in [-0.05, 0) is 30.9 Å². The SMILES string of the molecule is O=C1CCc2c[nH]c3ccnc(c23)N1C1CCOCC1. The van der Waals surface area contributed by atoms with Gasteiger partial charge in [0.1, 0.15) is 5.82 Å². The summed E-state index contributed by atoms with van der Waals surface area (Å²) in [6, 6.07) is 2.19. The smallest absolute Gasteiger partial charge is 0.228 e. The number of H-pyrrole nitrogens is 1. The van der Waals surface area contributed by atoms with Crippen LogP contribution in [0, 0.1) is 0 Å². The van der Waals surface area contributed by atoms with Crippen LogP contribution in [0.2, 0.25) is 0 Å². The van der Waals surface area contributed by atoms with Gasteiger partial charge in [-0.25, -0.2) is 4.98 Å². The number of hydrogen-bond acceptors (Lipinski definition) is 3. The maximum atomic E-state index is 12.6. The quantitative estimate of drug-likeness (QED) is 0.863. The fourth-order valence-electron chi connectivity index (χ4n) is 3.30. The molecule has 0 unspecified atom stereocenters. The summed E-state index contributed by atoms with van der Waals surface area (Å²) in [7, 11) is 0. The van der Waals surface area contributed by atoms with E-state index in [1.807, 2.05) is 17.2 Å². The third-order valence-electron chi connectivity index (χ3n) is 4.32. The van der Waals surface area contributed by atoms with Crippen molar-refractivity contribution in [2.24, 2.45) is 0 Å². The highest BCUT2D eigenvalue weighted by Gasteiger charge is 2.32. The van der Waals surface area contributed by atoms with E-state index in [9.17, 15) is 4.79 Å². The molecule has 2 aliphatic rings. The highest BCUT2D eigenvalue weighted by Crippen LogP contribution is 2.34. The predicted octanol–water partition coefficient (Wildman–Crippen LogP) is 2.02. The molecule has 0 aliphatic carbocycles. The fraction of sp³-hybridized carbons (Fsp3) is 0.467. The largest absolute Gasteiger partial charge is 0.381 e. The third-order valence-corrected chi connectivity index (χ3v) is 4.32. The van der Waals surface area contributed by atoms with Crippen LogP contribution in [0.4, 0.5) is 5.82 Å². The van der Waals surface area contributed by atoms with Gasteiger partial charge in [0.25, 0.3) is 0 Å². The topological polar surface area (TPSA) is 58.2 Å². The van der Waals surface area contributed by atoms with E-state index in [0.29, 0.717) is 6.42 Å². The fourth-order valence-corrected chi connectivity index (χ4v) is 3.30. The molecule has 1 fully saturated rings. The van der Waals surface area contributed by atoms with Crippen LogP contribution in [0.3, 0.4) is 0 Å². The Bertz CT molecular complexity index is 658. The lowest BCUT2D eigenvalue weighted by atomic mass is 10.1. The van der Waals surface area contributed by atoms with Crippen molar-refractivity contribution < 1.29 is 9.53 Å². The molecule has 0 saturated carbocycles. The molecular formula is C15H17N3O2. The molecule has 0 atom stereocenters. The Morgan fingerprint density at radius 1 is 1.30 bits per heavy atom. The van der Waals surface area contributed by atoms with Gasteiger partial charge in [0.2, 0.25) is 5.91 Å². The van der Waals surface area contributed by atoms with Gasteiger partial charge < -0.3 is 9.72 Å². The summed E-state index contributed by atoms with van der Waals surface area (Å²) in [5, 5.41) is 1.12. The van der Waals surface area contributed by atoms with Crippen molar-refractivity contribution in [2.75, 3.05) is 18.1 Å². The minimum atomic E-state index is 0.188. The van der Waals surface area contributed by atoms with Gasteiger partial charge in [-0.15, -0.1) is 0 Å². The van der Waals surface area contributed by atoms with E-state index >= 15 is 0 Å². The third kappa shape index (κ3) is 1.73. The van der Waals surface area contributed by atoms with E-state index in [4.69, 9.17) is 4.74 Å². The highest BCUT2D eigenvalue weighted by molar-refractivity contribution is 6.04. The number of hydrogen-bond donors (Lipinski definition) is 1. The van der Waals surface area contributed by atoms with Crippen LogP contribution in [-0.2, 0) is 16.0 Å². The van der Waals surface area contributed by atoms with Crippen LogP contribution in [0.1, 0.15) is 24.8 Å². The van der Waals surface area contributed by atoms with Crippen molar-refractivity contribution in [2.45, 2.75) is 31.7 Å². The molecule has 0 radical (unpaired) electrons. The van der Waals surface area contributed by atoms with Gasteiger partial charge in [0.05, 0.1) is 5.52 Å². The molecular weight excluding hydrogens is 254 g/mol. The van der Waals surface area contributed by atoms with Crippen molar-refractivity contribution in [3.8, 4) is 0 Å². The van der Waals surface area contributed by atoms with Crippen molar-refractivity contribution >= 4 is 22.6 Å². The summed E-state index contributed by atoms with van der Waals surface area (Å²) >= 11 is 0. The summed E-state index contributed by atoms with van der Waals surface area (Å²) in [5.41, 5.74) is 2.27. The molecule has 4 rings (SSSR count). The first kappa shape index (κ1) is 11.9. The standard InChI is InChI=1S/C15H17N3O2/c19-13-2-1-10-9-17-12-3-6-16-15(14(10)12)18(13)11-4-7-20-8-5-11/h3,6,9,11,17H,1-2,4-5,7-8H2. The van der Waals surface area contributed by atoms with Crippen molar-refractivity contribution in [1.29, 1.82) is 0 Å². The Morgan fingerprint density at radius 3 is 3.00 bits per heavy atom. The zero-order valence-electron chi connectivity index (χ0n) is 11.3. The van der Waals surface area contributed by atoms with E-state index in [1.165, 1.54) is 5.56 Å². The van der Waals surface area contributed by atoms with Crippen LogP contribution < -0.4 is 4.90 Å². The number of anilines is 1. The summed E-state index contributed by atoms with van der Waals surface area (Å²) in [6.45, 7) is 1.45. The molecule has 5 nitrogen and oxygen atoms in total. The van der Waals surface area contributed by atoms with Gasteiger partial charge in [-0.2, -0.15) is 0 Å². The minimum absolute atomic E-state index is 0.188. The molecule has 1 saturated heterocycles. The Morgan fingerprint density at radius 2 is 2.15 bits per heavy atom. The Labute approximate surface area is 116 Å². The van der Waals surface area contributed by atoms with E-state index in [0.717, 1.165) is 49.2 Å². The van der Waals surface area contributed by atoms with Gasteiger partial charge in [-0.3, -0.25) is 9.69 Å². The van der Waals surface area contributed by atoms with E-state index in [2.05, 4.69) is 9.97 Å². The monoisotopic (exact) mass is 271 g/mol. The van der Waals surface area contributed by atoms with Gasteiger partial charge in [-0.1, -0.05) is 0 Å². The number of pyridine rings is 1. The second kappa shape index (κ2) is 4.59. The van der Waals surface area contributed by atoms with Crippen molar-refractivity contribution in [1.82, 2.24) is 9.97 Å². The minimum Gasteiger partial charge on any atom is -0.381 e. The number of amides is 1. The number of aryl methyl sites for hydroxylation is 1. The van der Waals surface area contributed by atoms with E-state index in [1.54, 1.807) is 6.20 Å². The maximum Gasteiger partial charge on any atom is 0.228 e. The molecule has 1 N–H and O–H groups in total. The van der Waals surface area contributed by atoms with Crippen molar-refractivity contribution in [3.63, 3.8) is 0 Å². The lowest BCUT2D eigenvalue weighted by Crippen LogP contribution is -2.43.